The number of nitrogens with one attached hydrogen (secondary N) is 1. The zero-order valence-electron chi connectivity index (χ0n) is 17.5. The lowest BCUT2D eigenvalue weighted by atomic mass is 9.69. The van der Waals surface area contributed by atoms with Crippen molar-refractivity contribution in [1.29, 1.82) is 0 Å². The minimum Gasteiger partial charge on any atom is -0.491 e. The molecule has 0 radical (unpaired) electrons. The van der Waals surface area contributed by atoms with Crippen LogP contribution < -0.4 is 14.8 Å². The van der Waals surface area contributed by atoms with Gasteiger partial charge in [0.2, 0.25) is 0 Å². The molecule has 1 fully saturated rings. The van der Waals surface area contributed by atoms with Crippen LogP contribution in [0.15, 0.2) is 12.1 Å². The molecule has 1 aromatic rings. The van der Waals surface area contributed by atoms with E-state index < -0.39 is 0 Å². The highest BCUT2D eigenvalue weighted by Gasteiger charge is 2.40. The summed E-state index contributed by atoms with van der Waals surface area (Å²) < 4.78 is 11.7. The van der Waals surface area contributed by atoms with Crippen LogP contribution >= 0.6 is 0 Å². The normalized spacial score (nSPS) is 24.6. The first kappa shape index (κ1) is 20.7. The predicted molar refractivity (Wildman–Crippen MR) is 110 cm³/mol. The van der Waals surface area contributed by atoms with Gasteiger partial charge in [-0.2, -0.15) is 0 Å². The van der Waals surface area contributed by atoms with Gasteiger partial charge in [0, 0.05) is 55.1 Å². The summed E-state index contributed by atoms with van der Waals surface area (Å²) in [5.74, 6) is 1.65. The highest BCUT2D eigenvalue weighted by atomic mass is 16.5. The predicted octanol–water partition coefficient (Wildman–Crippen LogP) is 5.23. The summed E-state index contributed by atoms with van der Waals surface area (Å²) >= 11 is 0. The summed E-state index contributed by atoms with van der Waals surface area (Å²) in [4.78, 5) is 23.9. The Balaban J connectivity index is 1.91. The molecule has 0 saturated heterocycles. The van der Waals surface area contributed by atoms with Crippen molar-refractivity contribution in [2.24, 2.45) is 5.92 Å². The number of benzene rings is 1. The molecule has 28 heavy (non-hydrogen) atoms. The molecule has 5 nitrogen and oxygen atoms in total. The number of Topliss-reactive ketones (excluding diaryl/α,β-unsaturated/α-hetero) is 1. The number of carbonyl (C=O) groups excluding carboxylic acids is 2. The number of hydrogen-bond acceptors (Lipinski definition) is 5. The van der Waals surface area contributed by atoms with Crippen molar-refractivity contribution in [2.75, 3.05) is 5.32 Å². The van der Waals surface area contributed by atoms with Gasteiger partial charge in [0.15, 0.2) is 0 Å². The second kappa shape index (κ2) is 8.97. The van der Waals surface area contributed by atoms with Gasteiger partial charge in [-0.1, -0.05) is 19.8 Å². The van der Waals surface area contributed by atoms with Crippen molar-refractivity contribution >= 4 is 17.4 Å². The van der Waals surface area contributed by atoms with Crippen molar-refractivity contribution in [3.05, 3.63) is 17.7 Å². The lowest BCUT2D eigenvalue weighted by molar-refractivity contribution is -0.131. The Kier molecular flexibility index (Phi) is 6.63. The van der Waals surface area contributed by atoms with Crippen molar-refractivity contribution in [3.8, 4) is 11.5 Å². The van der Waals surface area contributed by atoms with Gasteiger partial charge < -0.3 is 14.8 Å². The number of esters is 1. The first-order chi connectivity index (χ1) is 13.4. The van der Waals surface area contributed by atoms with E-state index in [0.717, 1.165) is 30.5 Å². The molecule has 4 unspecified atom stereocenters. The van der Waals surface area contributed by atoms with E-state index >= 15 is 0 Å². The first-order valence-corrected chi connectivity index (χ1v) is 10.7. The highest BCUT2D eigenvalue weighted by Crippen LogP contribution is 2.50. The number of unbranched alkanes of at least 4 members (excludes halogenated alkanes) is 2. The number of anilines is 1. The molecular weight excluding hydrogens is 354 g/mol. The van der Waals surface area contributed by atoms with Gasteiger partial charge in [0.25, 0.3) is 0 Å². The van der Waals surface area contributed by atoms with Crippen molar-refractivity contribution < 1.29 is 19.1 Å². The average molecular weight is 388 g/mol. The topological polar surface area (TPSA) is 64.6 Å². The molecule has 1 aliphatic carbocycles. The van der Waals surface area contributed by atoms with Crippen LogP contribution in [0.25, 0.3) is 0 Å². The van der Waals surface area contributed by atoms with Gasteiger partial charge in [-0.25, -0.2) is 0 Å². The highest BCUT2D eigenvalue weighted by molar-refractivity contribution is 5.82. The molecule has 154 valence electrons. The van der Waals surface area contributed by atoms with E-state index in [4.69, 9.17) is 9.47 Å². The zero-order chi connectivity index (χ0) is 20.3. The number of ketones is 1. The summed E-state index contributed by atoms with van der Waals surface area (Å²) in [6.45, 7) is 7.85. The molecule has 2 aliphatic rings. The second-order valence-electron chi connectivity index (χ2n) is 8.39. The molecule has 0 bridgehead atoms. The Labute approximate surface area is 168 Å². The van der Waals surface area contributed by atoms with E-state index in [2.05, 4.69) is 26.1 Å². The SMILES string of the molecule is CCCCCC(C)Oc1cc2c(c(OC(C)=O)c1)C1CC(=O)CCC1C(C)N2. The Morgan fingerprint density at radius 1 is 1.32 bits per heavy atom. The van der Waals surface area contributed by atoms with Crippen LogP contribution in [0.3, 0.4) is 0 Å². The fourth-order valence-corrected chi connectivity index (χ4v) is 4.68. The quantitative estimate of drug-likeness (QED) is 0.394. The summed E-state index contributed by atoms with van der Waals surface area (Å²) in [6.07, 6.45) is 6.66. The number of fused-ring (bicyclic) bond motifs is 3. The molecule has 1 aromatic carbocycles. The maximum atomic E-state index is 12.2. The van der Waals surface area contributed by atoms with Gasteiger partial charge in [-0.3, -0.25) is 9.59 Å². The van der Waals surface area contributed by atoms with Crippen LogP contribution in [-0.4, -0.2) is 23.9 Å². The van der Waals surface area contributed by atoms with Gasteiger partial charge in [-0.05, 0) is 39.0 Å². The fraction of sp³-hybridized carbons (Fsp3) is 0.652. The Morgan fingerprint density at radius 2 is 2.11 bits per heavy atom. The Morgan fingerprint density at radius 3 is 2.82 bits per heavy atom. The fourth-order valence-electron chi connectivity index (χ4n) is 4.68. The minimum absolute atomic E-state index is 0.0953. The summed E-state index contributed by atoms with van der Waals surface area (Å²) in [7, 11) is 0. The monoisotopic (exact) mass is 387 g/mol. The molecular formula is C23H33NO4. The average Bonchev–Trinajstić information content (AvgIpc) is 2.60. The van der Waals surface area contributed by atoms with Crippen molar-refractivity contribution in [3.63, 3.8) is 0 Å². The molecule has 0 spiro atoms. The molecule has 1 heterocycles. The molecule has 1 N–H and O–H groups in total. The van der Waals surface area contributed by atoms with Gasteiger partial charge in [0.05, 0.1) is 6.10 Å². The van der Waals surface area contributed by atoms with E-state index in [0.29, 0.717) is 36.0 Å². The number of ether oxygens (including phenoxy) is 2. The van der Waals surface area contributed by atoms with Gasteiger partial charge >= 0.3 is 5.97 Å². The van der Waals surface area contributed by atoms with Crippen LogP contribution in [0.1, 0.15) is 84.1 Å². The smallest absolute Gasteiger partial charge is 0.308 e. The number of hydrogen-bond donors (Lipinski definition) is 1. The molecule has 3 rings (SSSR count). The molecule has 5 heteroatoms. The number of rotatable bonds is 7. The van der Waals surface area contributed by atoms with Gasteiger partial charge in [0.1, 0.15) is 17.3 Å². The third-order valence-electron chi connectivity index (χ3n) is 6.04. The third kappa shape index (κ3) is 4.68. The Bertz CT molecular complexity index is 730. The van der Waals surface area contributed by atoms with E-state index in [9.17, 15) is 9.59 Å². The van der Waals surface area contributed by atoms with E-state index in [1.54, 1.807) is 0 Å². The largest absolute Gasteiger partial charge is 0.491 e. The standard InChI is InChI=1S/C23H33NO4/c1-5-6-7-8-14(2)27-18-12-21-23(22(13-18)28-16(4)25)20-11-17(26)9-10-19(20)15(3)24-21/h12-15,19-20,24H,5-11H2,1-4H3. The summed E-state index contributed by atoms with van der Waals surface area (Å²) in [6, 6.07) is 4.10. The van der Waals surface area contributed by atoms with Crippen LogP contribution in [0.2, 0.25) is 0 Å². The Hall–Kier alpha value is -2.04. The van der Waals surface area contributed by atoms with Crippen LogP contribution in [0.4, 0.5) is 5.69 Å². The van der Waals surface area contributed by atoms with Gasteiger partial charge in [-0.15, -0.1) is 0 Å². The molecule has 1 aliphatic heterocycles. The summed E-state index contributed by atoms with van der Waals surface area (Å²) in [5, 5.41) is 3.57. The lowest BCUT2D eigenvalue weighted by Crippen LogP contribution is -2.39. The first-order valence-electron chi connectivity index (χ1n) is 10.7. The maximum absolute atomic E-state index is 12.2. The molecule has 4 atom stereocenters. The van der Waals surface area contributed by atoms with Crippen LogP contribution in [0, 0.1) is 5.92 Å². The van der Waals surface area contributed by atoms with E-state index in [1.165, 1.54) is 19.8 Å². The van der Waals surface area contributed by atoms with Crippen molar-refractivity contribution in [2.45, 2.75) is 90.7 Å². The maximum Gasteiger partial charge on any atom is 0.308 e. The van der Waals surface area contributed by atoms with Crippen LogP contribution in [0.5, 0.6) is 11.5 Å². The van der Waals surface area contributed by atoms with Crippen LogP contribution in [-0.2, 0) is 9.59 Å². The lowest BCUT2D eigenvalue weighted by Gasteiger charge is -2.42. The molecule has 0 amide bonds. The summed E-state index contributed by atoms with van der Waals surface area (Å²) in [5.41, 5.74) is 1.88. The second-order valence-corrected chi connectivity index (χ2v) is 8.39. The van der Waals surface area contributed by atoms with E-state index in [-0.39, 0.29) is 24.0 Å². The third-order valence-corrected chi connectivity index (χ3v) is 6.04. The minimum atomic E-state index is -0.354. The molecule has 1 saturated carbocycles. The van der Waals surface area contributed by atoms with E-state index in [1.807, 2.05) is 12.1 Å². The molecule has 0 aromatic heterocycles. The number of carbonyl (C=O) groups is 2. The van der Waals surface area contributed by atoms with Crippen molar-refractivity contribution in [1.82, 2.24) is 0 Å². The zero-order valence-corrected chi connectivity index (χ0v) is 17.5.